The van der Waals surface area contributed by atoms with Crippen LogP contribution in [0.1, 0.15) is 69.4 Å². The summed E-state index contributed by atoms with van der Waals surface area (Å²) >= 11 is 1.40. The monoisotopic (exact) mass is 415 g/mol. The molecule has 0 aliphatic heterocycles. The van der Waals surface area contributed by atoms with E-state index < -0.39 is 0 Å². The predicted octanol–water partition coefficient (Wildman–Crippen LogP) is 3.91. The second-order valence-electron chi connectivity index (χ2n) is 7.93. The zero-order valence-corrected chi connectivity index (χ0v) is 17.6. The smallest absolute Gasteiger partial charge is 0.230 e. The van der Waals surface area contributed by atoms with Crippen molar-refractivity contribution in [3.05, 3.63) is 29.8 Å². The first-order chi connectivity index (χ1) is 14.3. The summed E-state index contributed by atoms with van der Waals surface area (Å²) in [5.41, 5.74) is 1.05. The topological polar surface area (TPSA) is 81.9 Å². The summed E-state index contributed by atoms with van der Waals surface area (Å²) in [5.74, 6) is 1.19. The number of nitrogens with zero attached hydrogens (tertiary/aromatic N) is 4. The van der Waals surface area contributed by atoms with Crippen molar-refractivity contribution >= 4 is 17.7 Å². The van der Waals surface area contributed by atoms with Gasteiger partial charge in [-0.1, -0.05) is 43.2 Å². The highest BCUT2D eigenvalue weighted by Gasteiger charge is 2.22. The molecule has 156 valence electrons. The predicted molar refractivity (Wildman–Crippen MR) is 112 cm³/mol. The maximum atomic E-state index is 12.3. The minimum Gasteiger partial charge on any atom is -0.490 e. The normalized spacial score (nSPS) is 18.1. The Labute approximate surface area is 176 Å². The molecule has 7 nitrogen and oxygen atoms in total. The standard InChI is InChI=1S/C21H29N5O2S/c27-20(15-29-21-23-24-25-26(21)17-8-4-5-9-17)22-14-16-7-6-12-19(13-16)28-18-10-2-1-3-11-18/h6-7,12-13,17-18H,1-5,8-11,14-15H2,(H,22,27). The van der Waals surface area contributed by atoms with Gasteiger partial charge in [-0.05, 0) is 66.6 Å². The minimum absolute atomic E-state index is 0.0189. The van der Waals surface area contributed by atoms with Crippen LogP contribution in [0.2, 0.25) is 0 Å². The maximum Gasteiger partial charge on any atom is 0.230 e. The van der Waals surface area contributed by atoms with Crippen LogP contribution < -0.4 is 10.1 Å². The molecule has 2 fully saturated rings. The van der Waals surface area contributed by atoms with Crippen LogP contribution in [0.5, 0.6) is 5.75 Å². The van der Waals surface area contributed by atoms with Gasteiger partial charge in [0.1, 0.15) is 5.75 Å². The fourth-order valence-corrected chi connectivity index (χ4v) is 4.92. The number of hydrogen-bond donors (Lipinski definition) is 1. The van der Waals surface area contributed by atoms with Crippen LogP contribution >= 0.6 is 11.8 Å². The lowest BCUT2D eigenvalue weighted by Gasteiger charge is -2.23. The Balaban J connectivity index is 1.23. The Morgan fingerprint density at radius 3 is 2.76 bits per heavy atom. The second kappa shape index (κ2) is 10.1. The number of rotatable bonds is 8. The van der Waals surface area contributed by atoms with Crippen LogP contribution in [0.3, 0.4) is 0 Å². The Hall–Kier alpha value is -2.09. The molecular formula is C21H29N5O2S. The minimum atomic E-state index is -0.0189. The Bertz CT molecular complexity index is 800. The molecule has 0 atom stereocenters. The van der Waals surface area contributed by atoms with Crippen molar-refractivity contribution in [2.45, 2.75) is 81.6 Å². The Morgan fingerprint density at radius 1 is 1.14 bits per heavy atom. The molecule has 2 saturated carbocycles. The van der Waals surface area contributed by atoms with Gasteiger partial charge in [-0.2, -0.15) is 0 Å². The first-order valence-corrected chi connectivity index (χ1v) is 11.7. The maximum absolute atomic E-state index is 12.3. The summed E-state index contributed by atoms with van der Waals surface area (Å²) in [5, 5.41) is 15.7. The zero-order valence-electron chi connectivity index (χ0n) is 16.8. The molecule has 8 heteroatoms. The van der Waals surface area contributed by atoms with E-state index >= 15 is 0 Å². The molecule has 1 heterocycles. The van der Waals surface area contributed by atoms with Crippen LogP contribution in [-0.4, -0.2) is 38.0 Å². The summed E-state index contributed by atoms with van der Waals surface area (Å²) in [7, 11) is 0. The van der Waals surface area contributed by atoms with Gasteiger partial charge in [-0.15, -0.1) is 5.10 Å². The van der Waals surface area contributed by atoms with Gasteiger partial charge >= 0.3 is 0 Å². The van der Waals surface area contributed by atoms with Gasteiger partial charge < -0.3 is 10.1 Å². The molecule has 1 N–H and O–H groups in total. The highest BCUT2D eigenvalue weighted by atomic mass is 32.2. The molecule has 29 heavy (non-hydrogen) atoms. The van der Waals surface area contributed by atoms with Crippen molar-refractivity contribution in [2.24, 2.45) is 0 Å². The number of benzene rings is 1. The van der Waals surface area contributed by atoms with E-state index in [-0.39, 0.29) is 5.91 Å². The molecule has 0 unspecified atom stereocenters. The second-order valence-corrected chi connectivity index (χ2v) is 8.88. The van der Waals surface area contributed by atoms with Gasteiger partial charge in [-0.25, -0.2) is 4.68 Å². The number of amides is 1. The molecule has 0 spiro atoms. The number of nitrogens with one attached hydrogen (secondary N) is 1. The molecule has 0 radical (unpaired) electrons. The lowest BCUT2D eigenvalue weighted by molar-refractivity contribution is -0.118. The van der Waals surface area contributed by atoms with Crippen LogP contribution in [0.4, 0.5) is 0 Å². The molecule has 2 aliphatic rings. The highest BCUT2D eigenvalue weighted by molar-refractivity contribution is 7.99. The number of hydrogen-bond acceptors (Lipinski definition) is 6. The first kappa shape index (κ1) is 20.2. The van der Waals surface area contributed by atoms with Gasteiger partial charge in [0.05, 0.1) is 17.9 Å². The lowest BCUT2D eigenvalue weighted by atomic mass is 9.98. The SMILES string of the molecule is O=C(CSc1nnnn1C1CCCC1)NCc1cccc(OC2CCCCC2)c1. The number of aromatic nitrogens is 4. The first-order valence-electron chi connectivity index (χ1n) is 10.7. The molecule has 2 aliphatic carbocycles. The van der Waals surface area contributed by atoms with E-state index in [4.69, 9.17) is 4.74 Å². The number of thioether (sulfide) groups is 1. The van der Waals surface area contributed by atoms with E-state index in [1.54, 1.807) is 0 Å². The van der Waals surface area contributed by atoms with Gasteiger partial charge in [0.25, 0.3) is 0 Å². The van der Waals surface area contributed by atoms with E-state index in [1.807, 2.05) is 28.9 Å². The van der Waals surface area contributed by atoms with Crippen LogP contribution in [0.25, 0.3) is 0 Å². The molecule has 1 aromatic heterocycles. The van der Waals surface area contributed by atoms with Gasteiger partial charge in [0.15, 0.2) is 0 Å². The Kier molecular flexibility index (Phi) is 7.03. The van der Waals surface area contributed by atoms with E-state index in [9.17, 15) is 4.79 Å². The number of carbonyl (C=O) groups excluding carboxylic acids is 1. The summed E-state index contributed by atoms with van der Waals surface area (Å²) in [6, 6.07) is 8.41. The van der Waals surface area contributed by atoms with E-state index in [0.29, 0.717) is 24.4 Å². The summed E-state index contributed by atoms with van der Waals surface area (Å²) < 4.78 is 8.01. The molecule has 0 bridgehead atoms. The molecule has 0 saturated heterocycles. The van der Waals surface area contributed by atoms with Crippen molar-refractivity contribution in [3.8, 4) is 5.75 Å². The van der Waals surface area contributed by atoms with Crippen molar-refractivity contribution in [3.63, 3.8) is 0 Å². The van der Waals surface area contributed by atoms with Crippen molar-refractivity contribution in [2.75, 3.05) is 5.75 Å². The van der Waals surface area contributed by atoms with Gasteiger partial charge in [0.2, 0.25) is 11.1 Å². The fourth-order valence-electron chi connectivity index (χ4n) is 4.14. The molecular weight excluding hydrogens is 386 g/mol. The average Bonchev–Trinajstić information content (AvgIpc) is 3.43. The quantitative estimate of drug-likeness (QED) is 0.658. The fraction of sp³-hybridized carbons (Fsp3) is 0.619. The number of ether oxygens (including phenoxy) is 1. The van der Waals surface area contributed by atoms with Gasteiger partial charge in [0, 0.05) is 6.54 Å². The summed E-state index contributed by atoms with van der Waals surface area (Å²) in [6.07, 6.45) is 11.1. The van der Waals surface area contributed by atoms with E-state index in [1.165, 1.54) is 43.9 Å². The van der Waals surface area contributed by atoms with Crippen LogP contribution in [0.15, 0.2) is 29.4 Å². The number of tetrazole rings is 1. The van der Waals surface area contributed by atoms with Crippen LogP contribution in [0, 0.1) is 0 Å². The number of carbonyl (C=O) groups is 1. The van der Waals surface area contributed by atoms with E-state index in [0.717, 1.165) is 42.2 Å². The summed E-state index contributed by atoms with van der Waals surface area (Å²) in [6.45, 7) is 0.495. The van der Waals surface area contributed by atoms with Crippen molar-refractivity contribution in [1.82, 2.24) is 25.5 Å². The zero-order chi connectivity index (χ0) is 19.9. The van der Waals surface area contributed by atoms with Crippen molar-refractivity contribution in [1.29, 1.82) is 0 Å². The third kappa shape index (κ3) is 5.72. The molecule has 4 rings (SSSR count). The largest absolute Gasteiger partial charge is 0.490 e. The highest BCUT2D eigenvalue weighted by Crippen LogP contribution is 2.31. The Morgan fingerprint density at radius 2 is 1.93 bits per heavy atom. The van der Waals surface area contributed by atoms with Crippen molar-refractivity contribution < 1.29 is 9.53 Å². The van der Waals surface area contributed by atoms with Gasteiger partial charge in [-0.3, -0.25) is 4.79 Å². The molecule has 1 aromatic carbocycles. The average molecular weight is 416 g/mol. The lowest BCUT2D eigenvalue weighted by Crippen LogP contribution is -2.25. The third-order valence-electron chi connectivity index (χ3n) is 5.71. The third-order valence-corrected chi connectivity index (χ3v) is 6.64. The molecule has 2 aromatic rings. The molecule has 1 amide bonds. The summed E-state index contributed by atoms with van der Waals surface area (Å²) in [4.78, 5) is 12.3. The van der Waals surface area contributed by atoms with Crippen LogP contribution in [-0.2, 0) is 11.3 Å². The van der Waals surface area contributed by atoms with E-state index in [2.05, 4.69) is 20.8 Å².